The average Bonchev–Trinajstić information content (AvgIpc) is 2.43. The Bertz CT molecular complexity index is 650. The molecule has 0 radical (unpaired) electrons. The third kappa shape index (κ3) is 10.3. The molecule has 0 unspecified atom stereocenters. The average molecular weight is 390 g/mol. The lowest BCUT2D eigenvalue weighted by atomic mass is 10.0. The van der Waals surface area contributed by atoms with Crippen LogP contribution in [0.15, 0.2) is 24.3 Å². The van der Waals surface area contributed by atoms with Gasteiger partial charge in [0, 0.05) is 6.54 Å². The molecule has 9 heteroatoms. The summed E-state index contributed by atoms with van der Waals surface area (Å²) in [6, 6.07) is 5.05. The van der Waals surface area contributed by atoms with Crippen LogP contribution >= 0.6 is 0 Å². The van der Waals surface area contributed by atoms with E-state index >= 15 is 0 Å². The number of halogens is 3. The number of rotatable bonds is 6. The number of alkyl carbamates (subject to hydrolysis) is 1. The monoisotopic (exact) mass is 390 g/mol. The van der Waals surface area contributed by atoms with E-state index in [1.165, 1.54) is 12.1 Å². The highest BCUT2D eigenvalue weighted by Gasteiger charge is 2.31. The summed E-state index contributed by atoms with van der Waals surface area (Å²) in [6.07, 6.45) is -5.38. The summed E-state index contributed by atoms with van der Waals surface area (Å²) in [5.74, 6) is -0.691. The number of ether oxygens (including phenoxy) is 2. The van der Waals surface area contributed by atoms with Crippen molar-refractivity contribution in [2.75, 3.05) is 6.54 Å². The molecule has 0 fully saturated rings. The smallest absolute Gasteiger partial charge is 0.444 e. The van der Waals surface area contributed by atoms with Crippen molar-refractivity contribution in [3.05, 3.63) is 29.8 Å². The number of benzene rings is 1. The first kappa shape index (κ1) is 22.6. The van der Waals surface area contributed by atoms with Crippen LogP contribution in [0, 0.1) is 0 Å². The van der Waals surface area contributed by atoms with E-state index in [0.29, 0.717) is 5.56 Å². The van der Waals surface area contributed by atoms with E-state index in [9.17, 15) is 22.8 Å². The van der Waals surface area contributed by atoms with Crippen LogP contribution < -0.4 is 15.4 Å². The number of nitrogens with one attached hydrogen (secondary N) is 2. The Morgan fingerprint density at radius 3 is 2.04 bits per heavy atom. The second-order valence-corrected chi connectivity index (χ2v) is 7.66. The van der Waals surface area contributed by atoms with Gasteiger partial charge in [0.15, 0.2) is 0 Å². The van der Waals surface area contributed by atoms with Gasteiger partial charge in [0.25, 0.3) is 0 Å². The topological polar surface area (TPSA) is 76.7 Å². The highest BCUT2D eigenvalue weighted by molar-refractivity contribution is 5.79. The number of carbonyl (C=O) groups excluding carboxylic acids is 2. The minimum absolute atomic E-state index is 0.0256. The van der Waals surface area contributed by atoms with Gasteiger partial charge in [-0.3, -0.25) is 4.79 Å². The Kier molecular flexibility index (Phi) is 7.11. The molecule has 27 heavy (non-hydrogen) atoms. The molecule has 152 valence electrons. The van der Waals surface area contributed by atoms with Crippen molar-refractivity contribution < 1.29 is 32.2 Å². The lowest BCUT2D eigenvalue weighted by molar-refractivity contribution is -0.274. The summed E-state index contributed by atoms with van der Waals surface area (Å²) in [7, 11) is 0. The quantitative estimate of drug-likeness (QED) is 0.779. The van der Waals surface area contributed by atoms with Crippen LogP contribution in [-0.4, -0.2) is 36.0 Å². The van der Waals surface area contributed by atoms with E-state index < -0.39 is 23.6 Å². The molecule has 0 aliphatic heterocycles. The maximum atomic E-state index is 12.1. The minimum atomic E-state index is -4.76. The number of amides is 2. The van der Waals surface area contributed by atoms with Crippen LogP contribution in [0.2, 0.25) is 0 Å². The van der Waals surface area contributed by atoms with Gasteiger partial charge in [0.05, 0.1) is 12.0 Å². The number of alkyl halides is 3. The Labute approximate surface area is 156 Å². The summed E-state index contributed by atoms with van der Waals surface area (Å²) < 4.78 is 45.3. The molecule has 1 rings (SSSR count). The van der Waals surface area contributed by atoms with Gasteiger partial charge in [-0.2, -0.15) is 0 Å². The van der Waals surface area contributed by atoms with Crippen LogP contribution in [0.1, 0.15) is 40.2 Å². The highest BCUT2D eigenvalue weighted by Crippen LogP contribution is 2.22. The van der Waals surface area contributed by atoms with Crippen molar-refractivity contribution in [2.45, 2.75) is 58.5 Å². The predicted molar refractivity (Wildman–Crippen MR) is 93.3 cm³/mol. The van der Waals surface area contributed by atoms with E-state index in [0.717, 1.165) is 12.1 Å². The second kappa shape index (κ2) is 8.49. The fourth-order valence-electron chi connectivity index (χ4n) is 2.07. The first-order valence-electron chi connectivity index (χ1n) is 8.28. The lowest BCUT2D eigenvalue weighted by Gasteiger charge is -2.28. The van der Waals surface area contributed by atoms with Gasteiger partial charge in [-0.15, -0.1) is 13.2 Å². The Balaban J connectivity index is 2.51. The van der Waals surface area contributed by atoms with Crippen molar-refractivity contribution in [1.82, 2.24) is 10.6 Å². The molecule has 0 heterocycles. The summed E-state index contributed by atoms with van der Waals surface area (Å²) in [6.45, 7) is 8.82. The Morgan fingerprint density at radius 2 is 1.56 bits per heavy atom. The second-order valence-electron chi connectivity index (χ2n) is 7.66. The van der Waals surface area contributed by atoms with E-state index in [1.807, 2.05) is 0 Å². The van der Waals surface area contributed by atoms with Crippen molar-refractivity contribution in [3.8, 4) is 5.75 Å². The van der Waals surface area contributed by atoms with E-state index in [-0.39, 0.29) is 24.6 Å². The molecule has 0 aliphatic rings. The minimum Gasteiger partial charge on any atom is -0.444 e. The van der Waals surface area contributed by atoms with Crippen LogP contribution in [0.3, 0.4) is 0 Å². The van der Waals surface area contributed by atoms with Gasteiger partial charge >= 0.3 is 12.5 Å². The molecule has 0 bridgehead atoms. The summed E-state index contributed by atoms with van der Waals surface area (Å²) in [5.41, 5.74) is -0.842. The molecule has 2 amide bonds. The molecule has 0 saturated heterocycles. The first-order chi connectivity index (χ1) is 12.2. The van der Waals surface area contributed by atoms with Crippen molar-refractivity contribution >= 4 is 12.0 Å². The zero-order valence-corrected chi connectivity index (χ0v) is 16.0. The molecule has 0 atom stereocenters. The molecule has 0 aliphatic carbocycles. The molecular weight excluding hydrogens is 365 g/mol. The van der Waals surface area contributed by atoms with Crippen molar-refractivity contribution in [3.63, 3.8) is 0 Å². The largest absolute Gasteiger partial charge is 0.573 e. The molecule has 0 aromatic heterocycles. The molecule has 1 aromatic rings. The fourth-order valence-corrected chi connectivity index (χ4v) is 2.07. The van der Waals surface area contributed by atoms with Gasteiger partial charge in [0.2, 0.25) is 5.91 Å². The first-order valence-corrected chi connectivity index (χ1v) is 8.28. The molecule has 6 nitrogen and oxygen atoms in total. The maximum Gasteiger partial charge on any atom is 0.573 e. The standard InChI is InChI=1S/C18H25F3N2O4/c1-16(2,3)27-15(25)22-11-17(4,5)23-14(24)10-12-6-8-13(9-7-12)26-18(19,20)21/h6-9H,10-11H2,1-5H3,(H,22,25)(H,23,24). The van der Waals surface area contributed by atoms with Crippen molar-refractivity contribution in [2.24, 2.45) is 0 Å². The van der Waals surface area contributed by atoms with Gasteiger partial charge in [-0.05, 0) is 52.3 Å². The molecule has 1 aromatic carbocycles. The maximum absolute atomic E-state index is 12.1. The Morgan fingerprint density at radius 1 is 1.00 bits per heavy atom. The molecule has 0 saturated carbocycles. The normalized spacial score (nSPS) is 12.3. The molecule has 2 N–H and O–H groups in total. The van der Waals surface area contributed by atoms with Crippen molar-refractivity contribution in [1.29, 1.82) is 0 Å². The SMILES string of the molecule is CC(C)(CNC(=O)OC(C)(C)C)NC(=O)Cc1ccc(OC(F)(F)F)cc1. The predicted octanol–water partition coefficient (Wildman–Crippen LogP) is 3.55. The van der Waals surface area contributed by atoms with E-state index in [2.05, 4.69) is 15.4 Å². The zero-order chi connectivity index (χ0) is 20.9. The van der Waals surface area contributed by atoms with Crippen LogP contribution in [0.25, 0.3) is 0 Å². The fraction of sp³-hybridized carbons (Fsp3) is 0.556. The van der Waals surface area contributed by atoms with Gasteiger partial charge in [0.1, 0.15) is 11.4 Å². The molecular formula is C18H25F3N2O4. The highest BCUT2D eigenvalue weighted by atomic mass is 19.4. The number of carbonyl (C=O) groups is 2. The third-order valence-corrected chi connectivity index (χ3v) is 3.07. The summed E-state index contributed by atoms with van der Waals surface area (Å²) in [5, 5.41) is 5.33. The van der Waals surface area contributed by atoms with Gasteiger partial charge < -0.3 is 20.1 Å². The number of hydrogen-bond acceptors (Lipinski definition) is 4. The van der Waals surface area contributed by atoms with Crippen LogP contribution in [0.5, 0.6) is 5.75 Å². The number of hydrogen-bond donors (Lipinski definition) is 2. The van der Waals surface area contributed by atoms with Crippen LogP contribution in [-0.2, 0) is 16.0 Å². The lowest BCUT2D eigenvalue weighted by Crippen LogP contribution is -2.52. The molecule has 0 spiro atoms. The zero-order valence-electron chi connectivity index (χ0n) is 16.0. The third-order valence-electron chi connectivity index (χ3n) is 3.07. The van der Waals surface area contributed by atoms with E-state index in [4.69, 9.17) is 4.74 Å². The van der Waals surface area contributed by atoms with Gasteiger partial charge in [-0.1, -0.05) is 12.1 Å². The van der Waals surface area contributed by atoms with Crippen LogP contribution in [0.4, 0.5) is 18.0 Å². The summed E-state index contributed by atoms with van der Waals surface area (Å²) >= 11 is 0. The Hall–Kier alpha value is -2.45. The van der Waals surface area contributed by atoms with E-state index in [1.54, 1.807) is 34.6 Å². The van der Waals surface area contributed by atoms with Gasteiger partial charge in [-0.25, -0.2) is 4.79 Å². The summed E-state index contributed by atoms with van der Waals surface area (Å²) in [4.78, 5) is 23.8.